The van der Waals surface area contributed by atoms with Crippen LogP contribution in [0.5, 0.6) is 5.75 Å². The third kappa shape index (κ3) is 6.27. The van der Waals surface area contributed by atoms with Crippen LogP contribution in [-0.2, 0) is 6.54 Å². The van der Waals surface area contributed by atoms with Gasteiger partial charge in [0.2, 0.25) is 0 Å². The number of carbonyl (C=O) groups excluding carboxylic acids is 1. The highest BCUT2D eigenvalue weighted by molar-refractivity contribution is 6.08. The molecule has 0 bridgehead atoms. The number of aliphatic hydroxyl groups is 1. The lowest BCUT2D eigenvalue weighted by Gasteiger charge is -2.14. The minimum Gasteiger partial charge on any atom is -0.491 e. The van der Waals surface area contributed by atoms with Crippen molar-refractivity contribution >= 4 is 5.78 Å². The van der Waals surface area contributed by atoms with Gasteiger partial charge in [-0.3, -0.25) is 9.48 Å². The van der Waals surface area contributed by atoms with E-state index in [0.717, 1.165) is 30.9 Å². The Hall–Kier alpha value is -2.96. The van der Waals surface area contributed by atoms with Crippen molar-refractivity contribution in [3.8, 4) is 5.75 Å². The molecule has 0 aliphatic heterocycles. The fraction of sp³-hybridized carbons (Fsp3) is 0.333. The average Bonchev–Trinajstić information content (AvgIpc) is 3.09. The molecular formula is C24H29N3O3. The van der Waals surface area contributed by atoms with E-state index in [2.05, 4.69) is 23.4 Å². The topological polar surface area (TPSA) is 76.4 Å². The first-order valence-electron chi connectivity index (χ1n) is 10.3. The summed E-state index contributed by atoms with van der Waals surface area (Å²) in [6.45, 7) is 6.35. The summed E-state index contributed by atoms with van der Waals surface area (Å²) in [5.74, 6) is 0.607. The standard InChI is InChI=1S/C24H29N3O3/c1-18-15-19(2)27(26-18)14-6-13-25-16-22(28)17-30-23-11-9-21(10-12-23)24(29)20-7-4-3-5-8-20/h3-5,7-12,15,22,25,28H,6,13-14,16-17H2,1-2H3/t22-/m1/s1. The highest BCUT2D eigenvalue weighted by Gasteiger charge is 2.09. The van der Waals surface area contributed by atoms with Gasteiger partial charge in [-0.1, -0.05) is 30.3 Å². The van der Waals surface area contributed by atoms with Crippen LogP contribution in [-0.4, -0.2) is 46.5 Å². The molecule has 1 atom stereocenters. The SMILES string of the molecule is Cc1cc(C)n(CCCNC[C@@H](O)COc2ccc(C(=O)c3ccccc3)cc2)n1. The molecule has 1 aromatic heterocycles. The fourth-order valence-electron chi connectivity index (χ4n) is 3.23. The molecule has 2 N–H and O–H groups in total. The number of nitrogens with one attached hydrogen (secondary N) is 1. The van der Waals surface area contributed by atoms with Crippen LogP contribution in [0, 0.1) is 13.8 Å². The summed E-state index contributed by atoms with van der Waals surface area (Å²) in [6, 6.07) is 18.2. The number of rotatable bonds is 11. The van der Waals surface area contributed by atoms with E-state index < -0.39 is 6.10 Å². The van der Waals surface area contributed by atoms with E-state index in [-0.39, 0.29) is 12.4 Å². The van der Waals surface area contributed by atoms with Crippen LogP contribution in [0.3, 0.4) is 0 Å². The van der Waals surface area contributed by atoms with Gasteiger partial charge in [0.25, 0.3) is 0 Å². The second kappa shape index (κ2) is 10.7. The van der Waals surface area contributed by atoms with E-state index in [4.69, 9.17) is 4.74 Å². The van der Waals surface area contributed by atoms with Crippen molar-refractivity contribution in [3.05, 3.63) is 83.2 Å². The maximum Gasteiger partial charge on any atom is 0.193 e. The third-order valence-corrected chi connectivity index (χ3v) is 4.80. The number of aliphatic hydroxyl groups excluding tert-OH is 1. The third-order valence-electron chi connectivity index (χ3n) is 4.80. The Morgan fingerprint density at radius 1 is 1.10 bits per heavy atom. The lowest BCUT2D eigenvalue weighted by Crippen LogP contribution is -2.32. The Morgan fingerprint density at radius 2 is 1.80 bits per heavy atom. The van der Waals surface area contributed by atoms with Gasteiger partial charge in [-0.15, -0.1) is 0 Å². The second-order valence-corrected chi connectivity index (χ2v) is 7.39. The zero-order chi connectivity index (χ0) is 21.3. The van der Waals surface area contributed by atoms with Gasteiger partial charge in [0.15, 0.2) is 5.78 Å². The molecule has 0 fully saturated rings. The molecule has 6 heteroatoms. The summed E-state index contributed by atoms with van der Waals surface area (Å²) in [5.41, 5.74) is 3.46. The van der Waals surface area contributed by atoms with Gasteiger partial charge >= 0.3 is 0 Å². The Morgan fingerprint density at radius 3 is 2.47 bits per heavy atom. The maximum atomic E-state index is 12.4. The van der Waals surface area contributed by atoms with Crippen LogP contribution in [0.25, 0.3) is 0 Å². The first kappa shape index (κ1) is 21.7. The van der Waals surface area contributed by atoms with Gasteiger partial charge in [-0.2, -0.15) is 5.10 Å². The minimum atomic E-state index is -0.607. The van der Waals surface area contributed by atoms with Crippen LogP contribution in [0.4, 0.5) is 0 Å². The predicted octanol–water partition coefficient (Wildman–Crippen LogP) is 3.15. The van der Waals surface area contributed by atoms with Crippen molar-refractivity contribution in [2.24, 2.45) is 0 Å². The zero-order valence-electron chi connectivity index (χ0n) is 17.5. The molecule has 0 radical (unpaired) electrons. The first-order valence-corrected chi connectivity index (χ1v) is 10.3. The number of benzene rings is 2. The van der Waals surface area contributed by atoms with Crippen LogP contribution in [0.2, 0.25) is 0 Å². The van der Waals surface area contributed by atoms with Crippen molar-refractivity contribution in [1.82, 2.24) is 15.1 Å². The predicted molar refractivity (Wildman–Crippen MR) is 117 cm³/mol. The van der Waals surface area contributed by atoms with Crippen LogP contribution in [0.15, 0.2) is 60.7 Å². The molecule has 0 amide bonds. The number of ketones is 1. The molecule has 0 spiro atoms. The highest BCUT2D eigenvalue weighted by Crippen LogP contribution is 2.15. The Labute approximate surface area is 177 Å². The molecule has 0 aliphatic rings. The van der Waals surface area contributed by atoms with E-state index in [0.29, 0.717) is 23.4 Å². The van der Waals surface area contributed by atoms with Crippen molar-refractivity contribution in [2.45, 2.75) is 32.9 Å². The molecule has 0 aliphatic carbocycles. The summed E-state index contributed by atoms with van der Waals surface area (Å²) < 4.78 is 7.64. The van der Waals surface area contributed by atoms with E-state index >= 15 is 0 Å². The molecule has 0 saturated carbocycles. The van der Waals surface area contributed by atoms with E-state index in [1.165, 1.54) is 0 Å². The number of hydrogen-bond acceptors (Lipinski definition) is 5. The smallest absolute Gasteiger partial charge is 0.193 e. The Kier molecular flexibility index (Phi) is 7.76. The van der Waals surface area contributed by atoms with Gasteiger partial charge in [0.05, 0.1) is 5.69 Å². The van der Waals surface area contributed by atoms with Crippen molar-refractivity contribution in [2.75, 3.05) is 19.7 Å². The summed E-state index contributed by atoms with van der Waals surface area (Å²) in [4.78, 5) is 12.4. The van der Waals surface area contributed by atoms with Crippen LogP contribution >= 0.6 is 0 Å². The first-order chi connectivity index (χ1) is 14.5. The number of aryl methyl sites for hydroxylation is 3. The molecule has 0 unspecified atom stereocenters. The van der Waals surface area contributed by atoms with Crippen molar-refractivity contribution < 1.29 is 14.6 Å². The monoisotopic (exact) mass is 407 g/mol. The van der Waals surface area contributed by atoms with Crippen LogP contribution < -0.4 is 10.1 Å². The molecule has 3 aromatic rings. The average molecular weight is 408 g/mol. The number of carbonyl (C=O) groups is 1. The summed E-state index contributed by atoms with van der Waals surface area (Å²) in [5, 5.41) is 17.8. The Bertz CT molecular complexity index is 936. The zero-order valence-corrected chi connectivity index (χ0v) is 17.5. The lowest BCUT2D eigenvalue weighted by atomic mass is 10.0. The number of hydrogen-bond donors (Lipinski definition) is 2. The van der Waals surface area contributed by atoms with E-state index in [1.807, 2.05) is 29.8 Å². The molecule has 2 aromatic carbocycles. The molecule has 6 nitrogen and oxygen atoms in total. The minimum absolute atomic E-state index is 0.0214. The lowest BCUT2D eigenvalue weighted by molar-refractivity contribution is 0.103. The molecule has 3 rings (SSSR count). The van der Waals surface area contributed by atoms with Gasteiger partial charge < -0.3 is 15.2 Å². The number of nitrogens with zero attached hydrogens (tertiary/aromatic N) is 2. The molecule has 1 heterocycles. The normalized spacial score (nSPS) is 12.0. The molecular weight excluding hydrogens is 378 g/mol. The summed E-state index contributed by atoms with van der Waals surface area (Å²) >= 11 is 0. The Balaban J connectivity index is 1.35. The van der Waals surface area contributed by atoms with Crippen LogP contribution in [0.1, 0.15) is 33.7 Å². The van der Waals surface area contributed by atoms with Gasteiger partial charge in [0.1, 0.15) is 18.5 Å². The highest BCUT2D eigenvalue weighted by atomic mass is 16.5. The van der Waals surface area contributed by atoms with Gasteiger partial charge in [-0.25, -0.2) is 0 Å². The van der Waals surface area contributed by atoms with Crippen molar-refractivity contribution in [1.29, 1.82) is 0 Å². The number of ether oxygens (including phenoxy) is 1. The van der Waals surface area contributed by atoms with Crippen molar-refractivity contribution in [3.63, 3.8) is 0 Å². The molecule has 30 heavy (non-hydrogen) atoms. The van der Waals surface area contributed by atoms with E-state index in [9.17, 15) is 9.90 Å². The van der Waals surface area contributed by atoms with Gasteiger partial charge in [-0.05, 0) is 57.1 Å². The largest absolute Gasteiger partial charge is 0.491 e. The quantitative estimate of drug-likeness (QED) is 0.377. The molecule has 158 valence electrons. The molecule has 0 saturated heterocycles. The second-order valence-electron chi connectivity index (χ2n) is 7.39. The summed E-state index contributed by atoms with van der Waals surface area (Å²) in [6.07, 6.45) is 0.330. The maximum absolute atomic E-state index is 12.4. The number of aromatic nitrogens is 2. The fourth-order valence-corrected chi connectivity index (χ4v) is 3.23. The van der Waals surface area contributed by atoms with E-state index in [1.54, 1.807) is 36.4 Å². The van der Waals surface area contributed by atoms with Gasteiger partial charge in [0, 0.05) is 29.9 Å². The summed E-state index contributed by atoms with van der Waals surface area (Å²) in [7, 11) is 0.